The van der Waals surface area contributed by atoms with Gasteiger partial charge in [0.05, 0.1) is 8.07 Å². The summed E-state index contributed by atoms with van der Waals surface area (Å²) in [5.41, 5.74) is 11.3. The highest BCUT2D eigenvalue weighted by molar-refractivity contribution is 7.14. The average molecular weight is 523 g/mol. The molecule has 0 amide bonds. The zero-order valence-corrected chi connectivity index (χ0v) is 27.3. The molecule has 1 atom stereocenters. The summed E-state index contributed by atoms with van der Waals surface area (Å²) in [7, 11) is -4.19. The van der Waals surface area contributed by atoms with Gasteiger partial charge in [-0.2, -0.15) is 0 Å². The van der Waals surface area contributed by atoms with Gasteiger partial charge in [-0.1, -0.05) is 131 Å². The molecule has 3 aromatic rings. The maximum absolute atomic E-state index is 2.65. The number of benzene rings is 3. The van der Waals surface area contributed by atoms with Crippen molar-refractivity contribution in [3.05, 3.63) is 105 Å². The van der Waals surface area contributed by atoms with Gasteiger partial charge in [-0.25, -0.2) is 0 Å². The molecule has 0 spiro atoms. The van der Waals surface area contributed by atoms with Crippen LogP contribution in [0, 0.1) is 34.6 Å². The second kappa shape index (κ2) is 9.40. The summed E-state index contributed by atoms with van der Waals surface area (Å²) in [4.78, 5) is 0. The predicted octanol–water partition coefficient (Wildman–Crippen LogP) is 7.30. The molecule has 194 valence electrons. The largest absolute Gasteiger partial charge is 0.162 e. The zero-order valence-electron chi connectivity index (χ0n) is 25.3. The molecule has 0 aromatic heterocycles. The molecule has 0 N–H and O–H groups in total. The second-order valence-corrected chi connectivity index (χ2v) is 22.3. The van der Waals surface area contributed by atoms with Crippen LogP contribution in [0.5, 0.6) is 0 Å². The van der Waals surface area contributed by atoms with Crippen molar-refractivity contribution in [3.63, 3.8) is 0 Å². The van der Waals surface area contributed by atoms with Crippen LogP contribution in [0.1, 0.15) is 55.5 Å². The Labute approximate surface area is 228 Å². The number of allylic oxidation sites excluding steroid dienone is 4. The molecule has 3 aromatic carbocycles. The summed E-state index contributed by atoms with van der Waals surface area (Å²) < 4.78 is 0. The van der Waals surface area contributed by atoms with Crippen molar-refractivity contribution >= 4 is 36.9 Å². The van der Waals surface area contributed by atoms with Crippen LogP contribution in [-0.2, 0) is 0 Å². The standard InChI is InChI=1S/C35H46Si2/c1-23-13-15-33(26(4)17-23)37(34-16-14-24(2)18-27(34)5,35(9)22-28(6)29(7)30(35)8)32-20-25(3)19-31(21-32)36(10,11)12/h13-22H,1-12H3. The molecule has 0 aliphatic heterocycles. The number of hydrogen-bond acceptors (Lipinski definition) is 0. The molecule has 0 saturated heterocycles. The third-order valence-corrected chi connectivity index (χ3v) is 17.2. The third-order valence-electron chi connectivity index (χ3n) is 9.17. The molecular formula is C35H46Si2. The van der Waals surface area contributed by atoms with E-state index in [1.165, 1.54) is 44.5 Å². The molecule has 1 unspecified atom stereocenters. The second-order valence-electron chi connectivity index (χ2n) is 13.0. The SMILES string of the molecule is CC1=CC(C)([Si](c2cc(C)cc([Si](C)(C)C)c2)(c2ccc(C)cc2C)c2ccc(C)cc2C)C(C)=C1C. The smallest absolute Gasteiger partial charge is 0.0730 e. The van der Waals surface area contributed by atoms with Crippen LogP contribution < -0.4 is 20.7 Å². The minimum atomic E-state index is -2.65. The molecule has 1 aliphatic rings. The lowest BCUT2D eigenvalue weighted by atomic mass is 10.0. The highest BCUT2D eigenvalue weighted by Gasteiger charge is 2.57. The van der Waals surface area contributed by atoms with Crippen LogP contribution in [-0.4, -0.2) is 16.1 Å². The first-order valence-corrected chi connectivity index (χ1v) is 19.3. The van der Waals surface area contributed by atoms with Gasteiger partial charge in [-0.15, -0.1) is 0 Å². The van der Waals surface area contributed by atoms with Gasteiger partial charge in [-0.05, 0) is 76.5 Å². The van der Waals surface area contributed by atoms with Crippen LogP contribution in [0.2, 0.25) is 24.7 Å². The van der Waals surface area contributed by atoms with Crippen molar-refractivity contribution in [3.8, 4) is 0 Å². The van der Waals surface area contributed by atoms with Crippen LogP contribution in [0.25, 0.3) is 0 Å². The van der Waals surface area contributed by atoms with E-state index in [1.54, 1.807) is 20.7 Å². The van der Waals surface area contributed by atoms with Crippen molar-refractivity contribution in [1.82, 2.24) is 0 Å². The maximum atomic E-state index is 2.64. The van der Waals surface area contributed by atoms with Crippen molar-refractivity contribution in [2.75, 3.05) is 0 Å². The van der Waals surface area contributed by atoms with E-state index in [0.717, 1.165) is 0 Å². The monoisotopic (exact) mass is 522 g/mol. The minimum absolute atomic E-state index is 0.0777. The molecule has 0 fully saturated rings. The maximum Gasteiger partial charge on any atom is 0.162 e. The van der Waals surface area contributed by atoms with Crippen LogP contribution in [0.4, 0.5) is 0 Å². The zero-order chi connectivity index (χ0) is 27.5. The van der Waals surface area contributed by atoms with E-state index in [2.05, 4.69) is 143 Å². The van der Waals surface area contributed by atoms with Crippen molar-refractivity contribution in [2.24, 2.45) is 0 Å². The number of rotatable bonds is 5. The van der Waals surface area contributed by atoms with E-state index >= 15 is 0 Å². The molecule has 0 bridgehead atoms. The van der Waals surface area contributed by atoms with Crippen LogP contribution >= 0.6 is 0 Å². The lowest BCUT2D eigenvalue weighted by Crippen LogP contribution is -2.74. The minimum Gasteiger partial charge on any atom is -0.0730 e. The van der Waals surface area contributed by atoms with Gasteiger partial charge in [0, 0.05) is 5.04 Å². The highest BCUT2D eigenvalue weighted by Crippen LogP contribution is 2.53. The van der Waals surface area contributed by atoms with Gasteiger partial charge in [0.15, 0.2) is 8.07 Å². The Morgan fingerprint density at radius 3 is 1.46 bits per heavy atom. The molecular weight excluding hydrogens is 477 g/mol. The van der Waals surface area contributed by atoms with Crippen LogP contribution in [0.3, 0.4) is 0 Å². The molecule has 2 heteroatoms. The predicted molar refractivity (Wildman–Crippen MR) is 171 cm³/mol. The Morgan fingerprint density at radius 1 is 0.568 bits per heavy atom. The van der Waals surface area contributed by atoms with E-state index in [0.29, 0.717) is 0 Å². The lowest BCUT2D eigenvalue weighted by molar-refractivity contribution is 0.869. The molecule has 1 aliphatic carbocycles. The summed E-state index contributed by atoms with van der Waals surface area (Å²) in [6.45, 7) is 28.5. The lowest BCUT2D eigenvalue weighted by Gasteiger charge is -2.49. The summed E-state index contributed by atoms with van der Waals surface area (Å²) in [5, 5.41) is 6.15. The summed E-state index contributed by atoms with van der Waals surface area (Å²) in [6.07, 6.45) is 2.64. The normalized spacial score (nSPS) is 18.4. The fourth-order valence-corrected chi connectivity index (χ4v) is 15.0. The molecule has 0 nitrogen and oxygen atoms in total. The Morgan fingerprint density at radius 2 is 1.05 bits per heavy atom. The van der Waals surface area contributed by atoms with Gasteiger partial charge >= 0.3 is 0 Å². The summed E-state index contributed by atoms with van der Waals surface area (Å²) >= 11 is 0. The van der Waals surface area contributed by atoms with Crippen molar-refractivity contribution in [1.29, 1.82) is 0 Å². The topological polar surface area (TPSA) is 0 Å². The summed E-state index contributed by atoms with van der Waals surface area (Å²) in [5.74, 6) is 0. The first-order valence-electron chi connectivity index (χ1n) is 13.8. The Hall–Kier alpha value is -2.43. The molecule has 37 heavy (non-hydrogen) atoms. The Kier molecular flexibility index (Phi) is 7.01. The number of aryl methyl sites for hydroxylation is 5. The Balaban J connectivity index is 2.32. The highest BCUT2D eigenvalue weighted by atomic mass is 28.3. The van der Waals surface area contributed by atoms with Gasteiger partial charge in [0.1, 0.15) is 0 Å². The molecule has 4 rings (SSSR count). The fraction of sp³-hybridized carbons (Fsp3) is 0.371. The quantitative estimate of drug-likeness (QED) is 0.244. The van der Waals surface area contributed by atoms with Gasteiger partial charge in [-0.3, -0.25) is 0 Å². The van der Waals surface area contributed by atoms with E-state index in [4.69, 9.17) is 0 Å². The van der Waals surface area contributed by atoms with Gasteiger partial charge in [0.2, 0.25) is 0 Å². The van der Waals surface area contributed by atoms with E-state index in [9.17, 15) is 0 Å². The fourth-order valence-electron chi connectivity index (χ4n) is 6.94. The molecule has 0 heterocycles. The molecule has 0 radical (unpaired) electrons. The van der Waals surface area contributed by atoms with Crippen LogP contribution in [0.15, 0.2) is 77.4 Å². The van der Waals surface area contributed by atoms with Gasteiger partial charge < -0.3 is 0 Å². The molecule has 0 saturated carbocycles. The average Bonchev–Trinajstić information content (AvgIpc) is 2.99. The van der Waals surface area contributed by atoms with E-state index in [-0.39, 0.29) is 5.04 Å². The Bertz CT molecular complexity index is 1390. The number of hydrogen-bond donors (Lipinski definition) is 0. The summed E-state index contributed by atoms with van der Waals surface area (Å²) in [6, 6.07) is 22.2. The first-order chi connectivity index (χ1) is 17.1. The van der Waals surface area contributed by atoms with E-state index in [1.807, 2.05) is 0 Å². The van der Waals surface area contributed by atoms with Gasteiger partial charge in [0.25, 0.3) is 0 Å². The van der Waals surface area contributed by atoms with E-state index < -0.39 is 16.1 Å². The first kappa shape index (κ1) is 27.6. The van der Waals surface area contributed by atoms with Crippen molar-refractivity contribution in [2.45, 2.75) is 87.0 Å². The van der Waals surface area contributed by atoms with Crippen molar-refractivity contribution < 1.29 is 0 Å². The third kappa shape index (κ3) is 4.36.